The number of anilines is 2. The van der Waals surface area contributed by atoms with Gasteiger partial charge in [0.05, 0.1) is 24.4 Å². The number of nitrogens with zero attached hydrogens (tertiary/aromatic N) is 2. The second-order valence-electron chi connectivity index (χ2n) is 15.0. The highest BCUT2D eigenvalue weighted by molar-refractivity contribution is 5.72. The van der Waals surface area contributed by atoms with E-state index in [9.17, 15) is 20.4 Å². The zero-order chi connectivity index (χ0) is 36.2. The highest BCUT2D eigenvalue weighted by Crippen LogP contribution is 2.46. The molecule has 4 N–H and O–H groups in total. The number of hydrogen-bond donors (Lipinski definition) is 4. The van der Waals surface area contributed by atoms with Crippen LogP contribution in [0.25, 0.3) is 0 Å². The smallest absolute Gasteiger partial charge is 0.133 e. The number of aliphatic hydroxyl groups is 4. The van der Waals surface area contributed by atoms with Crippen LogP contribution in [0, 0.1) is 55.4 Å². The molecule has 0 fully saturated rings. The Balaban J connectivity index is 2.77. The van der Waals surface area contributed by atoms with Crippen molar-refractivity contribution in [3.05, 3.63) is 44.5 Å². The van der Waals surface area contributed by atoms with Crippen LogP contribution in [0.2, 0.25) is 0 Å². The molecule has 0 aliphatic carbocycles. The molecule has 0 aliphatic heterocycles. The van der Waals surface area contributed by atoms with Gasteiger partial charge in [-0.25, -0.2) is 0 Å². The van der Waals surface area contributed by atoms with E-state index in [0.29, 0.717) is 25.7 Å². The summed E-state index contributed by atoms with van der Waals surface area (Å²) < 4.78 is 7.00. The van der Waals surface area contributed by atoms with Gasteiger partial charge >= 0.3 is 0 Å². The first-order valence-electron chi connectivity index (χ1n) is 17.8. The second kappa shape index (κ2) is 16.9. The molecule has 7 nitrogen and oxygen atoms in total. The molecule has 0 spiro atoms. The summed E-state index contributed by atoms with van der Waals surface area (Å²) in [4.78, 5) is 4.79. The van der Waals surface area contributed by atoms with Gasteiger partial charge in [-0.05, 0) is 181 Å². The monoisotopic (exact) mass is 657 g/mol. The number of benzene rings is 2. The Bertz CT molecular complexity index is 1160. The van der Waals surface area contributed by atoms with Gasteiger partial charge in [0.15, 0.2) is 0 Å². The summed E-state index contributed by atoms with van der Waals surface area (Å²) in [5.74, 6) is 1.74. The van der Waals surface area contributed by atoms with Gasteiger partial charge in [0, 0.05) is 35.5 Å². The van der Waals surface area contributed by atoms with Crippen molar-refractivity contribution in [2.24, 2.45) is 0 Å². The molecule has 8 unspecified atom stereocenters. The van der Waals surface area contributed by atoms with Crippen molar-refractivity contribution in [3.8, 4) is 11.5 Å². The zero-order valence-electron chi connectivity index (χ0n) is 32.5. The molecule has 8 atom stereocenters. The number of aliphatic hydroxyl groups excluding tert-OH is 4. The summed E-state index contributed by atoms with van der Waals surface area (Å²) in [6.07, 6.45) is 0.792. The molecule has 2 aromatic rings. The molecule has 0 saturated carbocycles. The van der Waals surface area contributed by atoms with Crippen molar-refractivity contribution in [2.45, 2.75) is 185 Å². The van der Waals surface area contributed by atoms with Crippen LogP contribution < -0.4 is 14.5 Å². The molecule has 268 valence electrons. The molecule has 2 rings (SSSR count). The summed E-state index contributed by atoms with van der Waals surface area (Å²) in [6.45, 7) is 33.1. The first kappa shape index (κ1) is 40.9. The largest absolute Gasteiger partial charge is 0.456 e. The minimum absolute atomic E-state index is 0.0735. The Kier molecular flexibility index (Phi) is 14.7. The third-order valence-corrected chi connectivity index (χ3v) is 10.4. The lowest BCUT2D eigenvalue weighted by Gasteiger charge is -2.41. The molecule has 0 radical (unpaired) electrons. The Morgan fingerprint density at radius 2 is 0.574 bits per heavy atom. The van der Waals surface area contributed by atoms with Gasteiger partial charge in [0.25, 0.3) is 0 Å². The van der Waals surface area contributed by atoms with Crippen LogP contribution in [0.15, 0.2) is 0 Å². The fourth-order valence-corrected chi connectivity index (χ4v) is 7.88. The molecule has 47 heavy (non-hydrogen) atoms. The van der Waals surface area contributed by atoms with Crippen molar-refractivity contribution in [3.63, 3.8) is 0 Å². The zero-order valence-corrected chi connectivity index (χ0v) is 32.5. The van der Waals surface area contributed by atoms with Gasteiger partial charge in [-0.2, -0.15) is 0 Å². The summed E-state index contributed by atoms with van der Waals surface area (Å²) in [7, 11) is 0. The van der Waals surface area contributed by atoms with Gasteiger partial charge in [-0.3, -0.25) is 0 Å². The highest BCUT2D eigenvalue weighted by atomic mass is 16.5. The molecule has 0 bridgehead atoms. The molecule has 0 amide bonds. The van der Waals surface area contributed by atoms with E-state index in [1.54, 1.807) is 0 Å². The van der Waals surface area contributed by atoms with Gasteiger partial charge in [0.1, 0.15) is 11.5 Å². The van der Waals surface area contributed by atoms with E-state index >= 15 is 0 Å². The second-order valence-corrected chi connectivity index (χ2v) is 15.0. The first-order valence-corrected chi connectivity index (χ1v) is 17.8. The van der Waals surface area contributed by atoms with E-state index < -0.39 is 24.4 Å². The van der Waals surface area contributed by atoms with E-state index in [4.69, 9.17) is 4.74 Å². The standard InChI is InChI=1S/C40H68N2O5/c1-21(17-25(5)43)41(22(2)18-26(6)44)37-29(9)33(13)39(34(14)30(37)10)47-40-35(15)31(11)38(32(12)36(40)16)42(23(3)19-27(7)45)24(4)20-28(8)46/h21-28,43-46H,17-20H2,1-16H3. The molecular formula is C40H68N2O5. The molecule has 0 aliphatic rings. The molecule has 2 aromatic carbocycles. The van der Waals surface area contributed by atoms with Crippen molar-refractivity contribution in [2.75, 3.05) is 9.80 Å². The van der Waals surface area contributed by atoms with Crippen LogP contribution >= 0.6 is 0 Å². The Hall–Kier alpha value is -2.32. The normalized spacial score (nSPS) is 17.0. The summed E-state index contributed by atoms with van der Waals surface area (Å²) in [5.41, 5.74) is 11.2. The fourth-order valence-electron chi connectivity index (χ4n) is 7.88. The summed E-state index contributed by atoms with van der Waals surface area (Å²) in [5, 5.41) is 41.2. The predicted molar refractivity (Wildman–Crippen MR) is 199 cm³/mol. The van der Waals surface area contributed by atoms with E-state index in [2.05, 4.69) is 92.9 Å². The lowest BCUT2D eigenvalue weighted by atomic mass is 9.92. The fraction of sp³-hybridized carbons (Fsp3) is 0.700. The van der Waals surface area contributed by atoms with E-state index in [-0.39, 0.29) is 24.2 Å². The Morgan fingerprint density at radius 1 is 0.383 bits per heavy atom. The van der Waals surface area contributed by atoms with Gasteiger partial charge in [0.2, 0.25) is 0 Å². The minimum atomic E-state index is -0.432. The number of ether oxygens (including phenoxy) is 1. The topological polar surface area (TPSA) is 96.6 Å². The van der Waals surface area contributed by atoms with Crippen molar-refractivity contribution < 1.29 is 25.2 Å². The average molecular weight is 657 g/mol. The summed E-state index contributed by atoms with van der Waals surface area (Å²) in [6, 6.07) is 0.294. The van der Waals surface area contributed by atoms with Gasteiger partial charge in [-0.15, -0.1) is 0 Å². The average Bonchev–Trinajstić information content (AvgIpc) is 2.93. The lowest BCUT2D eigenvalue weighted by molar-refractivity contribution is 0.161. The molecule has 0 saturated heterocycles. The van der Waals surface area contributed by atoms with Crippen LogP contribution in [0.1, 0.15) is 126 Å². The van der Waals surface area contributed by atoms with Crippen LogP contribution in [0.4, 0.5) is 11.4 Å². The SMILES string of the molecule is Cc1c(C)c(N(C(C)CC(C)O)C(C)CC(C)O)c(C)c(C)c1Oc1c(C)c(C)c(N(C(C)CC(C)O)C(C)CC(C)O)c(C)c1C. The van der Waals surface area contributed by atoms with E-state index in [1.165, 1.54) is 0 Å². The van der Waals surface area contributed by atoms with Gasteiger partial charge < -0.3 is 35.0 Å². The lowest BCUT2D eigenvalue weighted by Crippen LogP contribution is -2.44. The third-order valence-electron chi connectivity index (χ3n) is 10.4. The van der Waals surface area contributed by atoms with Crippen LogP contribution in [0.5, 0.6) is 11.5 Å². The quantitative estimate of drug-likeness (QED) is 0.145. The number of hydrogen-bond acceptors (Lipinski definition) is 7. The van der Waals surface area contributed by atoms with Gasteiger partial charge in [-0.1, -0.05) is 0 Å². The molecule has 0 heterocycles. The molecule has 7 heteroatoms. The van der Waals surface area contributed by atoms with E-state index in [0.717, 1.165) is 67.4 Å². The Labute approximate surface area is 287 Å². The van der Waals surface area contributed by atoms with E-state index in [1.807, 2.05) is 27.7 Å². The van der Waals surface area contributed by atoms with Crippen LogP contribution in [-0.2, 0) is 0 Å². The highest BCUT2D eigenvalue weighted by Gasteiger charge is 2.31. The molecule has 0 aromatic heterocycles. The van der Waals surface area contributed by atoms with Crippen molar-refractivity contribution in [1.82, 2.24) is 0 Å². The maximum atomic E-state index is 10.3. The third kappa shape index (κ3) is 9.44. The van der Waals surface area contributed by atoms with Crippen molar-refractivity contribution in [1.29, 1.82) is 0 Å². The number of rotatable bonds is 16. The minimum Gasteiger partial charge on any atom is -0.456 e. The van der Waals surface area contributed by atoms with Crippen LogP contribution in [-0.4, -0.2) is 69.0 Å². The van der Waals surface area contributed by atoms with Crippen LogP contribution in [0.3, 0.4) is 0 Å². The predicted octanol–water partition coefficient (Wildman–Crippen LogP) is 8.20. The Morgan fingerprint density at radius 3 is 0.745 bits per heavy atom. The summed E-state index contributed by atoms with van der Waals surface area (Å²) >= 11 is 0. The maximum Gasteiger partial charge on any atom is 0.133 e. The van der Waals surface area contributed by atoms with Crippen molar-refractivity contribution >= 4 is 11.4 Å². The molecular weight excluding hydrogens is 588 g/mol. The first-order chi connectivity index (χ1) is 21.6. The maximum absolute atomic E-state index is 10.3.